The van der Waals surface area contributed by atoms with Crippen LogP contribution < -0.4 is 4.74 Å². The average Bonchev–Trinajstić information content (AvgIpc) is 2.86. The fraction of sp³-hybridized carbons (Fsp3) is 0.714. The van der Waals surface area contributed by atoms with Gasteiger partial charge in [0.15, 0.2) is 0 Å². The average molecular weight is 311 g/mol. The lowest BCUT2D eigenvalue weighted by Crippen LogP contribution is -2.28. The first-order valence-corrected chi connectivity index (χ1v) is 8.58. The van der Waals surface area contributed by atoms with Crippen molar-refractivity contribution in [1.82, 2.24) is 14.1 Å². The molecular weight excluding hydrogens is 290 g/mol. The van der Waals surface area contributed by atoms with E-state index in [0.717, 1.165) is 38.9 Å². The number of hydrogen-bond acceptors (Lipinski definition) is 5. The molecule has 0 saturated carbocycles. The summed E-state index contributed by atoms with van der Waals surface area (Å²) in [5, 5.41) is 14.1. The van der Waals surface area contributed by atoms with Crippen molar-refractivity contribution in [3.05, 3.63) is 11.3 Å². The lowest BCUT2D eigenvalue weighted by Gasteiger charge is -2.29. The topological polar surface area (TPSA) is 67.6 Å². The van der Waals surface area contributed by atoms with Gasteiger partial charge in [-0.25, -0.2) is 9.48 Å². The highest BCUT2D eigenvalue weighted by Crippen LogP contribution is 2.37. The minimum absolute atomic E-state index is 0.0542. The van der Waals surface area contributed by atoms with Crippen LogP contribution in [0.15, 0.2) is 0 Å². The van der Waals surface area contributed by atoms with Crippen LogP contribution in [0.1, 0.15) is 48.2 Å². The summed E-state index contributed by atoms with van der Waals surface area (Å²) in [5.41, 5.74) is 0.997. The van der Waals surface area contributed by atoms with Crippen LogP contribution in [-0.4, -0.2) is 50.6 Å². The van der Waals surface area contributed by atoms with Crippen LogP contribution in [0.2, 0.25) is 0 Å². The zero-order valence-electron chi connectivity index (χ0n) is 12.4. The Morgan fingerprint density at radius 3 is 2.67 bits per heavy atom. The van der Waals surface area contributed by atoms with Crippen molar-refractivity contribution in [2.24, 2.45) is 0 Å². The van der Waals surface area contributed by atoms with Gasteiger partial charge in [0.2, 0.25) is 5.88 Å². The number of aromatic carboxylic acids is 1. The van der Waals surface area contributed by atoms with E-state index in [1.165, 1.54) is 0 Å². The summed E-state index contributed by atoms with van der Waals surface area (Å²) in [7, 11) is 0. The van der Waals surface area contributed by atoms with E-state index in [1.807, 2.05) is 6.92 Å². The molecule has 0 aromatic carbocycles. The van der Waals surface area contributed by atoms with E-state index in [-0.39, 0.29) is 17.6 Å². The van der Waals surface area contributed by atoms with Gasteiger partial charge in [-0.2, -0.15) is 5.10 Å². The highest BCUT2D eigenvalue weighted by Gasteiger charge is 2.34. The van der Waals surface area contributed by atoms with Crippen molar-refractivity contribution in [3.8, 4) is 5.88 Å². The monoisotopic (exact) mass is 311 g/mol. The van der Waals surface area contributed by atoms with Gasteiger partial charge in [-0.15, -0.1) is 0 Å². The van der Waals surface area contributed by atoms with E-state index in [2.05, 4.69) is 15.7 Å². The van der Waals surface area contributed by atoms with Gasteiger partial charge in [0.05, 0.1) is 11.8 Å². The lowest BCUT2D eigenvalue weighted by molar-refractivity contribution is 0.0681. The number of piperidine rings is 1. The third-order valence-electron chi connectivity index (χ3n) is 4.31. The molecule has 3 heterocycles. The van der Waals surface area contributed by atoms with Crippen LogP contribution in [-0.2, 0) is 6.54 Å². The van der Waals surface area contributed by atoms with Gasteiger partial charge < -0.3 is 9.84 Å². The Balaban J connectivity index is 1.90. The molecule has 1 saturated heterocycles. The molecule has 7 heteroatoms. The normalized spacial score (nSPS) is 23.6. The predicted octanol–water partition coefficient (Wildman–Crippen LogP) is 2.21. The van der Waals surface area contributed by atoms with E-state index in [0.29, 0.717) is 11.6 Å². The maximum atomic E-state index is 11.7. The number of aryl methyl sites for hydroxylation is 1. The summed E-state index contributed by atoms with van der Waals surface area (Å²) >= 11 is 1.75. The number of rotatable bonds is 3. The maximum absolute atomic E-state index is 11.7. The first-order valence-electron chi connectivity index (χ1n) is 7.40. The van der Waals surface area contributed by atoms with Crippen LogP contribution in [0.25, 0.3) is 0 Å². The van der Waals surface area contributed by atoms with Gasteiger partial charge in [-0.05, 0) is 26.0 Å². The van der Waals surface area contributed by atoms with Crippen molar-refractivity contribution < 1.29 is 14.6 Å². The molecule has 116 valence electrons. The molecule has 0 radical (unpaired) electrons. The van der Waals surface area contributed by atoms with E-state index in [1.54, 1.807) is 16.6 Å². The van der Waals surface area contributed by atoms with Crippen molar-refractivity contribution in [1.29, 1.82) is 0 Å². The molecule has 1 aromatic rings. The molecule has 0 spiro atoms. The number of aromatic nitrogens is 2. The van der Waals surface area contributed by atoms with E-state index < -0.39 is 5.97 Å². The van der Waals surface area contributed by atoms with Gasteiger partial charge in [-0.3, -0.25) is 4.31 Å². The van der Waals surface area contributed by atoms with Crippen molar-refractivity contribution in [2.75, 3.05) is 19.3 Å². The van der Waals surface area contributed by atoms with Crippen molar-refractivity contribution >= 4 is 17.9 Å². The number of hydrogen-bond donors (Lipinski definition) is 1. The maximum Gasteiger partial charge on any atom is 0.343 e. The molecule has 1 aromatic heterocycles. The fourth-order valence-corrected chi connectivity index (χ4v) is 3.66. The number of ether oxygens (including phenoxy) is 1. The molecule has 1 atom stereocenters. The Morgan fingerprint density at radius 2 is 2.05 bits per heavy atom. The minimum Gasteiger partial charge on any atom is -0.477 e. The zero-order valence-corrected chi connectivity index (χ0v) is 13.2. The number of carboxylic acid groups (broad SMARTS) is 1. The summed E-state index contributed by atoms with van der Waals surface area (Å²) in [6, 6.07) is 0. The largest absolute Gasteiger partial charge is 0.477 e. The molecular formula is C14H21N3O3S. The molecule has 0 amide bonds. The van der Waals surface area contributed by atoms with Crippen LogP contribution in [0, 0.1) is 0 Å². The second kappa shape index (κ2) is 5.88. The Bertz CT molecular complexity index is 538. The Kier molecular flexibility index (Phi) is 4.12. The number of carboxylic acids is 1. The molecule has 2 aliphatic rings. The molecule has 0 unspecified atom stereocenters. The third-order valence-corrected chi connectivity index (χ3v) is 5.19. The standard InChI is InChI=1S/C14H21N3O3S/c1-9-3-8-17-13(20-9)11(14(18)19)12(15-17)10-4-6-16(21-2)7-5-10/h9-10H,3-8H2,1-2H3,(H,18,19)/t9-/m1/s1. The Labute approximate surface area is 128 Å². The quantitative estimate of drug-likeness (QED) is 0.863. The van der Waals surface area contributed by atoms with E-state index >= 15 is 0 Å². The summed E-state index contributed by atoms with van der Waals surface area (Å²) in [4.78, 5) is 11.7. The molecule has 1 N–H and O–H groups in total. The van der Waals surface area contributed by atoms with Crippen molar-refractivity contribution in [3.63, 3.8) is 0 Å². The van der Waals surface area contributed by atoms with Gasteiger partial charge in [0.1, 0.15) is 5.56 Å². The Hall–Kier alpha value is -1.21. The molecule has 6 nitrogen and oxygen atoms in total. The van der Waals surface area contributed by atoms with Crippen LogP contribution in [0.3, 0.4) is 0 Å². The highest BCUT2D eigenvalue weighted by atomic mass is 32.2. The van der Waals surface area contributed by atoms with Crippen LogP contribution >= 0.6 is 11.9 Å². The fourth-order valence-electron chi connectivity index (χ4n) is 3.09. The molecule has 3 rings (SSSR count). The Morgan fingerprint density at radius 1 is 1.33 bits per heavy atom. The smallest absolute Gasteiger partial charge is 0.343 e. The summed E-state index contributed by atoms with van der Waals surface area (Å²) in [6.45, 7) is 4.66. The second-order valence-electron chi connectivity index (χ2n) is 5.70. The van der Waals surface area contributed by atoms with Crippen LogP contribution in [0.5, 0.6) is 5.88 Å². The van der Waals surface area contributed by atoms with Gasteiger partial charge in [0, 0.05) is 32.0 Å². The second-order valence-corrected chi connectivity index (χ2v) is 6.58. The third kappa shape index (κ3) is 2.76. The SMILES string of the molecule is CSN1CCC(c2nn3c(c2C(=O)O)O[C@H](C)CC3)CC1. The molecule has 1 fully saturated rings. The number of nitrogens with zero attached hydrogens (tertiary/aromatic N) is 3. The molecule has 21 heavy (non-hydrogen) atoms. The summed E-state index contributed by atoms with van der Waals surface area (Å²) < 4.78 is 9.79. The van der Waals surface area contributed by atoms with E-state index in [9.17, 15) is 9.90 Å². The van der Waals surface area contributed by atoms with Gasteiger partial charge >= 0.3 is 5.97 Å². The highest BCUT2D eigenvalue weighted by molar-refractivity contribution is 7.96. The predicted molar refractivity (Wildman–Crippen MR) is 81.0 cm³/mol. The number of carbonyl (C=O) groups is 1. The van der Waals surface area contributed by atoms with Gasteiger partial charge in [-0.1, -0.05) is 11.9 Å². The van der Waals surface area contributed by atoms with Crippen molar-refractivity contribution in [2.45, 2.75) is 44.8 Å². The summed E-state index contributed by atoms with van der Waals surface area (Å²) in [5.74, 6) is -0.257. The molecule has 0 bridgehead atoms. The lowest BCUT2D eigenvalue weighted by atomic mass is 9.92. The minimum atomic E-state index is -0.923. The molecule has 0 aliphatic carbocycles. The zero-order chi connectivity index (χ0) is 15.0. The van der Waals surface area contributed by atoms with E-state index in [4.69, 9.17) is 4.74 Å². The first-order chi connectivity index (χ1) is 10.1. The molecule has 2 aliphatic heterocycles. The summed E-state index contributed by atoms with van der Waals surface area (Å²) in [6.07, 6.45) is 4.91. The number of fused-ring (bicyclic) bond motifs is 1. The van der Waals surface area contributed by atoms with Gasteiger partial charge in [0.25, 0.3) is 0 Å². The van der Waals surface area contributed by atoms with Crippen LogP contribution in [0.4, 0.5) is 0 Å². The first kappa shape index (κ1) is 14.7.